The molecule has 2 aromatic rings. The van der Waals surface area contributed by atoms with E-state index in [4.69, 9.17) is 0 Å². The summed E-state index contributed by atoms with van der Waals surface area (Å²) in [6.45, 7) is 4.69. The maximum Gasteiger partial charge on any atom is 0.282 e. The maximum absolute atomic E-state index is 12.7. The van der Waals surface area contributed by atoms with Crippen LogP contribution in [-0.4, -0.2) is 42.6 Å². The van der Waals surface area contributed by atoms with Gasteiger partial charge >= 0.3 is 0 Å². The first kappa shape index (κ1) is 18.6. The molecule has 0 aliphatic carbocycles. The standard InChI is InChI=1S/C19H23N3O3S/c1-15-8-9-16(2)18(12-15)20-19(23)14-22-11-10-21(26(22,24)25)13-17-6-4-3-5-7-17/h3-9,12H,10-11,13-14H2,1-2H3,(H,20,23). The molecule has 1 saturated heterocycles. The highest BCUT2D eigenvalue weighted by Gasteiger charge is 2.37. The van der Waals surface area contributed by atoms with Gasteiger partial charge in [-0.1, -0.05) is 42.5 Å². The second-order valence-corrected chi connectivity index (χ2v) is 8.46. The number of carbonyl (C=O) groups is 1. The predicted octanol–water partition coefficient (Wildman–Crippen LogP) is 2.30. The Morgan fingerprint density at radius 1 is 1.04 bits per heavy atom. The zero-order chi connectivity index (χ0) is 18.7. The molecule has 0 unspecified atom stereocenters. The van der Waals surface area contributed by atoms with Crippen molar-refractivity contribution in [1.29, 1.82) is 0 Å². The van der Waals surface area contributed by atoms with E-state index in [1.165, 1.54) is 8.61 Å². The Morgan fingerprint density at radius 3 is 2.46 bits per heavy atom. The third kappa shape index (κ3) is 4.12. The van der Waals surface area contributed by atoms with E-state index in [2.05, 4.69) is 5.32 Å². The fourth-order valence-electron chi connectivity index (χ4n) is 2.95. The Hall–Kier alpha value is -2.22. The zero-order valence-corrected chi connectivity index (χ0v) is 15.8. The second-order valence-electron chi connectivity index (χ2n) is 6.53. The first-order chi connectivity index (χ1) is 12.4. The number of nitrogens with one attached hydrogen (secondary N) is 1. The van der Waals surface area contributed by atoms with E-state index in [0.717, 1.165) is 16.7 Å². The molecule has 0 bridgehead atoms. The van der Waals surface area contributed by atoms with Crippen LogP contribution < -0.4 is 5.32 Å². The van der Waals surface area contributed by atoms with Gasteiger partial charge in [0.15, 0.2) is 0 Å². The molecule has 1 aliphatic rings. The Morgan fingerprint density at radius 2 is 1.73 bits per heavy atom. The summed E-state index contributed by atoms with van der Waals surface area (Å²) in [5.74, 6) is -0.330. The van der Waals surface area contributed by atoms with Crippen LogP contribution in [-0.2, 0) is 21.5 Å². The lowest BCUT2D eigenvalue weighted by Gasteiger charge is -2.18. The molecular weight excluding hydrogens is 350 g/mol. The molecule has 1 heterocycles. The molecule has 6 nitrogen and oxygen atoms in total. The smallest absolute Gasteiger partial charge is 0.282 e. The molecule has 3 rings (SSSR count). The van der Waals surface area contributed by atoms with Crippen molar-refractivity contribution >= 4 is 21.8 Å². The van der Waals surface area contributed by atoms with E-state index in [-0.39, 0.29) is 12.5 Å². The van der Waals surface area contributed by atoms with E-state index < -0.39 is 10.2 Å². The lowest BCUT2D eigenvalue weighted by Crippen LogP contribution is -2.37. The van der Waals surface area contributed by atoms with Gasteiger partial charge in [-0.2, -0.15) is 17.0 Å². The van der Waals surface area contributed by atoms with Crippen LogP contribution in [0.3, 0.4) is 0 Å². The van der Waals surface area contributed by atoms with Crippen LogP contribution in [0.25, 0.3) is 0 Å². The van der Waals surface area contributed by atoms with Crippen LogP contribution in [0.15, 0.2) is 48.5 Å². The number of benzene rings is 2. The number of aryl methyl sites for hydroxylation is 2. The minimum absolute atomic E-state index is 0.180. The summed E-state index contributed by atoms with van der Waals surface area (Å²) in [5, 5.41) is 2.82. The fourth-order valence-corrected chi connectivity index (χ4v) is 4.49. The van der Waals surface area contributed by atoms with E-state index in [1.807, 2.05) is 62.4 Å². The molecule has 1 aliphatic heterocycles. The predicted molar refractivity (Wildman–Crippen MR) is 102 cm³/mol. The van der Waals surface area contributed by atoms with Crippen LogP contribution in [0.2, 0.25) is 0 Å². The zero-order valence-electron chi connectivity index (χ0n) is 15.0. The highest BCUT2D eigenvalue weighted by molar-refractivity contribution is 7.87. The second kappa shape index (κ2) is 7.57. The van der Waals surface area contributed by atoms with Crippen molar-refractivity contribution in [2.24, 2.45) is 0 Å². The van der Waals surface area contributed by atoms with E-state index in [0.29, 0.717) is 25.3 Å². The summed E-state index contributed by atoms with van der Waals surface area (Å²) in [5.41, 5.74) is 3.62. The number of carbonyl (C=O) groups excluding carboxylic acids is 1. The Labute approximate surface area is 154 Å². The minimum Gasteiger partial charge on any atom is -0.325 e. The van der Waals surface area contributed by atoms with Crippen molar-refractivity contribution in [3.8, 4) is 0 Å². The lowest BCUT2D eigenvalue weighted by molar-refractivity contribution is -0.116. The number of nitrogens with zero attached hydrogens (tertiary/aromatic N) is 2. The molecule has 0 radical (unpaired) electrons. The molecule has 7 heteroatoms. The number of hydrogen-bond acceptors (Lipinski definition) is 3. The number of hydrogen-bond donors (Lipinski definition) is 1. The molecule has 0 spiro atoms. The van der Waals surface area contributed by atoms with E-state index in [9.17, 15) is 13.2 Å². The molecular formula is C19H23N3O3S. The first-order valence-corrected chi connectivity index (χ1v) is 9.92. The van der Waals surface area contributed by atoms with Crippen molar-refractivity contribution in [3.05, 3.63) is 65.2 Å². The van der Waals surface area contributed by atoms with Crippen molar-refractivity contribution in [2.75, 3.05) is 25.0 Å². The molecule has 138 valence electrons. The molecule has 0 aromatic heterocycles. The maximum atomic E-state index is 12.7. The average Bonchev–Trinajstić information content (AvgIpc) is 2.86. The lowest BCUT2D eigenvalue weighted by atomic mass is 10.1. The van der Waals surface area contributed by atoms with E-state index >= 15 is 0 Å². The molecule has 1 fully saturated rings. The van der Waals surface area contributed by atoms with Gasteiger partial charge in [-0.3, -0.25) is 4.79 Å². The number of rotatable bonds is 5. The SMILES string of the molecule is Cc1ccc(C)c(NC(=O)CN2CCN(Cc3ccccc3)S2(=O)=O)c1. The van der Waals surface area contributed by atoms with Gasteiger partial charge in [0.25, 0.3) is 10.2 Å². The highest BCUT2D eigenvalue weighted by atomic mass is 32.2. The third-order valence-corrected chi connectivity index (χ3v) is 6.37. The summed E-state index contributed by atoms with van der Waals surface area (Å²) >= 11 is 0. The van der Waals surface area contributed by atoms with Gasteiger partial charge in [0, 0.05) is 25.3 Å². The molecule has 26 heavy (non-hydrogen) atoms. The van der Waals surface area contributed by atoms with Crippen molar-refractivity contribution in [3.63, 3.8) is 0 Å². The van der Waals surface area contributed by atoms with Gasteiger partial charge < -0.3 is 5.32 Å². The first-order valence-electron chi connectivity index (χ1n) is 8.52. The Balaban J connectivity index is 1.65. The van der Waals surface area contributed by atoms with Gasteiger partial charge in [0.05, 0.1) is 6.54 Å². The van der Waals surface area contributed by atoms with Crippen molar-refractivity contribution in [2.45, 2.75) is 20.4 Å². The van der Waals surface area contributed by atoms with Crippen LogP contribution in [0.1, 0.15) is 16.7 Å². The molecule has 1 amide bonds. The minimum atomic E-state index is -3.63. The van der Waals surface area contributed by atoms with Crippen LogP contribution in [0.5, 0.6) is 0 Å². The molecule has 0 atom stereocenters. The summed E-state index contributed by atoms with van der Waals surface area (Å²) in [6.07, 6.45) is 0. The molecule has 0 saturated carbocycles. The van der Waals surface area contributed by atoms with Gasteiger partial charge in [0.1, 0.15) is 0 Å². The molecule has 2 aromatic carbocycles. The number of amides is 1. The molecule has 1 N–H and O–H groups in total. The third-order valence-electron chi connectivity index (χ3n) is 4.44. The van der Waals surface area contributed by atoms with Gasteiger partial charge in [0.2, 0.25) is 5.91 Å². The summed E-state index contributed by atoms with van der Waals surface area (Å²) < 4.78 is 28.0. The van der Waals surface area contributed by atoms with Gasteiger partial charge in [-0.05, 0) is 36.6 Å². The Kier molecular flexibility index (Phi) is 5.41. The quantitative estimate of drug-likeness (QED) is 0.874. The number of anilines is 1. The topological polar surface area (TPSA) is 69.7 Å². The normalized spacial score (nSPS) is 17.3. The van der Waals surface area contributed by atoms with E-state index in [1.54, 1.807) is 0 Å². The average molecular weight is 373 g/mol. The highest BCUT2D eigenvalue weighted by Crippen LogP contribution is 2.20. The van der Waals surface area contributed by atoms with Crippen LogP contribution in [0.4, 0.5) is 5.69 Å². The monoisotopic (exact) mass is 373 g/mol. The Bertz CT molecular complexity index is 898. The van der Waals surface area contributed by atoms with Crippen molar-refractivity contribution in [1.82, 2.24) is 8.61 Å². The summed E-state index contributed by atoms with van der Waals surface area (Å²) in [7, 11) is -3.63. The van der Waals surface area contributed by atoms with Crippen molar-refractivity contribution < 1.29 is 13.2 Å². The van der Waals surface area contributed by atoms with Gasteiger partial charge in [-0.15, -0.1) is 0 Å². The summed E-state index contributed by atoms with van der Waals surface area (Å²) in [4.78, 5) is 12.3. The van der Waals surface area contributed by atoms with Crippen LogP contribution in [0, 0.1) is 13.8 Å². The largest absolute Gasteiger partial charge is 0.325 e. The fraction of sp³-hybridized carbons (Fsp3) is 0.316. The van der Waals surface area contributed by atoms with Gasteiger partial charge in [-0.25, -0.2) is 0 Å². The van der Waals surface area contributed by atoms with Crippen LogP contribution >= 0.6 is 0 Å². The summed E-state index contributed by atoms with van der Waals surface area (Å²) in [6, 6.07) is 15.2.